The Bertz CT molecular complexity index is 680. The summed E-state index contributed by atoms with van der Waals surface area (Å²) in [4.78, 5) is 6.49. The maximum Gasteiger partial charge on any atom is 0.154 e. The molecule has 0 unspecified atom stereocenters. The lowest BCUT2D eigenvalue weighted by Crippen LogP contribution is -3.00. The summed E-state index contributed by atoms with van der Waals surface area (Å²) in [5, 5.41) is 0. The molecule has 0 amide bonds. The van der Waals surface area contributed by atoms with Gasteiger partial charge in [0.05, 0.1) is 14.1 Å². The Labute approximate surface area is 189 Å². The highest BCUT2D eigenvalue weighted by Crippen LogP contribution is 2.44. The number of hydroxylamine groups is 3. The minimum atomic E-state index is -0.101. The summed E-state index contributed by atoms with van der Waals surface area (Å²) in [7, 11) is 4.39. The second kappa shape index (κ2) is 13.0. The number of benzene rings is 2. The Morgan fingerprint density at radius 1 is 0.767 bits per heavy atom. The summed E-state index contributed by atoms with van der Waals surface area (Å²) in [5.74, 6) is 2.02. The number of halogens is 1. The van der Waals surface area contributed by atoms with Crippen LogP contribution in [-0.4, -0.2) is 37.4 Å². The third-order valence-electron chi connectivity index (χ3n) is 5.34. The summed E-state index contributed by atoms with van der Waals surface area (Å²) < 4.78 is 6.34. The SMILES string of the molecule is CC(C)CC(CC(C)C)(c1ccccc1)[N+](C)(C)OCCOc1ccccc1.O.[Cl-]. The van der Waals surface area contributed by atoms with E-state index >= 15 is 0 Å². The van der Waals surface area contributed by atoms with Gasteiger partial charge < -0.3 is 22.6 Å². The van der Waals surface area contributed by atoms with E-state index in [4.69, 9.17) is 9.57 Å². The van der Waals surface area contributed by atoms with Crippen molar-refractivity contribution in [1.82, 2.24) is 0 Å². The van der Waals surface area contributed by atoms with E-state index in [1.807, 2.05) is 30.3 Å². The standard InChI is InChI=1S/C25H38NO2.ClH.H2O/c1-21(2)19-25(20-22(3)4,23-13-9-7-10-14-23)26(5,6)28-18-17-27-24-15-11-8-12-16-24;;/h7-16,21-22H,17-20H2,1-6H3;1H;1H2/q+1;;/p-1. The molecule has 2 N–H and O–H groups in total. The number of hydrogen-bond donors (Lipinski definition) is 0. The van der Waals surface area contributed by atoms with Gasteiger partial charge in [-0.1, -0.05) is 76.2 Å². The van der Waals surface area contributed by atoms with Gasteiger partial charge in [-0.15, -0.1) is 0 Å². The monoisotopic (exact) mass is 437 g/mol. The van der Waals surface area contributed by atoms with Gasteiger partial charge in [0, 0.05) is 18.4 Å². The Morgan fingerprint density at radius 2 is 1.23 bits per heavy atom. The van der Waals surface area contributed by atoms with E-state index in [9.17, 15) is 0 Å². The molecule has 30 heavy (non-hydrogen) atoms. The Hall–Kier alpha value is -1.59. The van der Waals surface area contributed by atoms with Crippen LogP contribution < -0.4 is 17.1 Å². The lowest BCUT2D eigenvalue weighted by atomic mass is 9.75. The van der Waals surface area contributed by atoms with Crippen LogP contribution in [0.2, 0.25) is 0 Å². The van der Waals surface area contributed by atoms with Crippen LogP contribution in [0.1, 0.15) is 46.1 Å². The Balaban J connectivity index is 0.00000420. The number of rotatable bonds is 11. The fourth-order valence-electron chi connectivity index (χ4n) is 4.23. The van der Waals surface area contributed by atoms with Gasteiger partial charge in [-0.25, -0.2) is 0 Å². The highest BCUT2D eigenvalue weighted by atomic mass is 35.5. The van der Waals surface area contributed by atoms with Crippen molar-refractivity contribution in [1.29, 1.82) is 0 Å². The molecule has 170 valence electrons. The molecule has 0 fully saturated rings. The summed E-state index contributed by atoms with van der Waals surface area (Å²) in [5.41, 5.74) is 1.25. The molecule has 2 aromatic rings. The summed E-state index contributed by atoms with van der Waals surface area (Å²) in [6.07, 6.45) is 2.14. The topological polar surface area (TPSA) is 50.0 Å². The van der Waals surface area contributed by atoms with Crippen molar-refractivity contribution in [3.05, 3.63) is 66.2 Å². The average molecular weight is 438 g/mol. The second-order valence-electron chi connectivity index (χ2n) is 8.94. The van der Waals surface area contributed by atoms with Crippen LogP contribution in [0.3, 0.4) is 0 Å². The minimum absolute atomic E-state index is 0. The number of quaternary nitrogens is 1. The normalized spacial score (nSPS) is 11.7. The van der Waals surface area contributed by atoms with Gasteiger partial charge >= 0.3 is 0 Å². The molecule has 0 aliphatic carbocycles. The van der Waals surface area contributed by atoms with Gasteiger partial charge in [0.1, 0.15) is 19.0 Å². The number of ether oxygens (including phenoxy) is 1. The molecule has 0 spiro atoms. The lowest BCUT2D eigenvalue weighted by Gasteiger charge is -2.48. The first-order valence-corrected chi connectivity index (χ1v) is 10.5. The molecule has 0 aliphatic rings. The van der Waals surface area contributed by atoms with E-state index in [1.165, 1.54) is 5.56 Å². The highest BCUT2D eigenvalue weighted by Gasteiger charge is 2.49. The zero-order valence-corrected chi connectivity index (χ0v) is 20.2. The highest BCUT2D eigenvalue weighted by molar-refractivity contribution is 5.23. The first kappa shape index (κ1) is 28.4. The third kappa shape index (κ3) is 7.59. The van der Waals surface area contributed by atoms with Crippen LogP contribution in [0.15, 0.2) is 60.7 Å². The second-order valence-corrected chi connectivity index (χ2v) is 8.94. The zero-order chi connectivity index (χ0) is 20.6. The van der Waals surface area contributed by atoms with Crippen molar-refractivity contribution in [2.75, 3.05) is 27.3 Å². The van der Waals surface area contributed by atoms with Crippen molar-refractivity contribution in [3.63, 3.8) is 0 Å². The molecule has 2 aromatic carbocycles. The van der Waals surface area contributed by atoms with Crippen LogP contribution in [0.25, 0.3) is 0 Å². The van der Waals surface area contributed by atoms with E-state index in [1.54, 1.807) is 0 Å². The van der Waals surface area contributed by atoms with Crippen molar-refractivity contribution in [2.45, 2.75) is 46.1 Å². The minimum Gasteiger partial charge on any atom is -1.00 e. The number of hydrogen-bond acceptors (Lipinski definition) is 2. The van der Waals surface area contributed by atoms with E-state index in [-0.39, 0.29) is 23.4 Å². The first-order valence-electron chi connectivity index (χ1n) is 10.5. The molecule has 0 heterocycles. The van der Waals surface area contributed by atoms with E-state index in [0.717, 1.165) is 18.6 Å². The molecular weight excluding hydrogens is 398 g/mol. The van der Waals surface area contributed by atoms with Gasteiger partial charge in [-0.2, -0.15) is 9.48 Å². The molecule has 0 aliphatic heterocycles. The van der Waals surface area contributed by atoms with E-state index in [0.29, 0.717) is 29.7 Å². The van der Waals surface area contributed by atoms with Crippen molar-refractivity contribution in [2.24, 2.45) is 11.8 Å². The molecule has 0 saturated carbocycles. The fourth-order valence-corrected chi connectivity index (χ4v) is 4.23. The summed E-state index contributed by atoms with van der Waals surface area (Å²) in [6.45, 7) is 10.3. The van der Waals surface area contributed by atoms with E-state index < -0.39 is 0 Å². The number of nitrogens with zero attached hydrogens (tertiary/aromatic N) is 1. The van der Waals surface area contributed by atoms with Crippen molar-refractivity contribution < 1.29 is 32.1 Å². The molecule has 0 radical (unpaired) electrons. The van der Waals surface area contributed by atoms with Crippen LogP contribution in [0.4, 0.5) is 0 Å². The summed E-state index contributed by atoms with van der Waals surface area (Å²) >= 11 is 0. The first-order chi connectivity index (χ1) is 13.3. The molecular formula is C25H40ClNO3. The number of para-hydroxylation sites is 1. The van der Waals surface area contributed by atoms with Gasteiger partial charge in [-0.3, -0.25) is 0 Å². The lowest BCUT2D eigenvalue weighted by molar-refractivity contribution is -1.12. The van der Waals surface area contributed by atoms with Gasteiger partial charge in [-0.05, 0) is 24.0 Å². The molecule has 2 rings (SSSR count). The molecule has 0 aromatic heterocycles. The molecule has 0 saturated heterocycles. The molecule has 4 nitrogen and oxygen atoms in total. The largest absolute Gasteiger partial charge is 1.00 e. The fraction of sp³-hybridized carbons (Fsp3) is 0.520. The third-order valence-corrected chi connectivity index (χ3v) is 5.34. The van der Waals surface area contributed by atoms with Crippen molar-refractivity contribution in [3.8, 4) is 5.75 Å². The molecule has 0 atom stereocenters. The van der Waals surface area contributed by atoms with E-state index in [2.05, 4.69) is 72.1 Å². The average Bonchev–Trinajstić information content (AvgIpc) is 2.65. The maximum atomic E-state index is 6.49. The predicted molar refractivity (Wildman–Crippen MR) is 121 cm³/mol. The Kier molecular flexibility index (Phi) is 12.3. The molecule has 0 bridgehead atoms. The van der Waals surface area contributed by atoms with Gasteiger partial charge in [0.2, 0.25) is 0 Å². The smallest absolute Gasteiger partial charge is 0.154 e. The Morgan fingerprint density at radius 3 is 1.70 bits per heavy atom. The van der Waals surface area contributed by atoms with Crippen molar-refractivity contribution >= 4 is 0 Å². The molecule has 5 heteroatoms. The van der Waals surface area contributed by atoms with Crippen LogP contribution in [-0.2, 0) is 10.4 Å². The van der Waals surface area contributed by atoms with Crippen LogP contribution in [0, 0.1) is 11.8 Å². The van der Waals surface area contributed by atoms with Crippen LogP contribution in [0.5, 0.6) is 5.75 Å². The van der Waals surface area contributed by atoms with Gasteiger partial charge in [0.25, 0.3) is 0 Å². The quantitative estimate of drug-likeness (QED) is 0.307. The predicted octanol–water partition coefficient (Wildman–Crippen LogP) is 2.24. The maximum absolute atomic E-state index is 6.49. The summed E-state index contributed by atoms with van der Waals surface area (Å²) in [6, 6.07) is 20.8. The van der Waals surface area contributed by atoms with Crippen LogP contribution >= 0.6 is 0 Å². The zero-order valence-electron chi connectivity index (χ0n) is 19.4. The van der Waals surface area contributed by atoms with Gasteiger partial charge in [0.15, 0.2) is 5.54 Å².